The molecule has 0 aliphatic rings. The van der Waals surface area contributed by atoms with Crippen molar-refractivity contribution in [3.05, 3.63) is 0 Å². The number of rotatable bonds is 13. The van der Waals surface area contributed by atoms with Crippen LogP contribution in [0.1, 0.15) is 80.6 Å². The summed E-state index contributed by atoms with van der Waals surface area (Å²) in [7, 11) is 0. The SMILES string of the molecule is CC(C)CCC(=O)NC(C)CCOC(C)(C)CCNC(=O)CC(C)C. The summed E-state index contributed by atoms with van der Waals surface area (Å²) in [5.41, 5.74) is -0.285. The van der Waals surface area contributed by atoms with Gasteiger partial charge in [-0.05, 0) is 51.9 Å². The molecule has 148 valence electrons. The highest BCUT2D eigenvalue weighted by atomic mass is 16.5. The van der Waals surface area contributed by atoms with Crippen molar-refractivity contribution in [3.63, 3.8) is 0 Å². The lowest BCUT2D eigenvalue weighted by Crippen LogP contribution is -2.36. The van der Waals surface area contributed by atoms with Crippen LogP contribution in [-0.2, 0) is 14.3 Å². The highest BCUT2D eigenvalue weighted by molar-refractivity contribution is 5.76. The van der Waals surface area contributed by atoms with Gasteiger partial charge in [-0.1, -0.05) is 27.7 Å². The van der Waals surface area contributed by atoms with Crippen molar-refractivity contribution >= 4 is 11.8 Å². The number of amides is 2. The van der Waals surface area contributed by atoms with E-state index in [-0.39, 0.29) is 23.5 Å². The van der Waals surface area contributed by atoms with Crippen LogP contribution in [0, 0.1) is 11.8 Å². The molecule has 0 aromatic rings. The van der Waals surface area contributed by atoms with Gasteiger partial charge in [0, 0.05) is 32.0 Å². The van der Waals surface area contributed by atoms with Crippen LogP contribution in [0.25, 0.3) is 0 Å². The number of hydrogen-bond acceptors (Lipinski definition) is 3. The average molecular weight is 357 g/mol. The first kappa shape index (κ1) is 23.9. The maximum atomic E-state index is 11.8. The molecule has 5 heteroatoms. The Kier molecular flexibility index (Phi) is 11.7. The van der Waals surface area contributed by atoms with Gasteiger partial charge >= 0.3 is 0 Å². The summed E-state index contributed by atoms with van der Waals surface area (Å²) in [6, 6.07) is 0.112. The number of carbonyl (C=O) groups excluding carboxylic acids is 2. The van der Waals surface area contributed by atoms with Gasteiger partial charge in [-0.2, -0.15) is 0 Å². The van der Waals surface area contributed by atoms with Crippen LogP contribution in [-0.4, -0.2) is 36.6 Å². The highest BCUT2D eigenvalue weighted by Gasteiger charge is 2.19. The summed E-state index contributed by atoms with van der Waals surface area (Å²) < 4.78 is 5.94. The molecule has 0 spiro atoms. The average Bonchev–Trinajstić information content (AvgIpc) is 2.43. The first-order valence-electron chi connectivity index (χ1n) is 9.72. The molecule has 0 heterocycles. The Morgan fingerprint density at radius 1 is 0.960 bits per heavy atom. The zero-order valence-corrected chi connectivity index (χ0v) is 17.4. The van der Waals surface area contributed by atoms with Crippen LogP contribution < -0.4 is 10.6 Å². The fraction of sp³-hybridized carbons (Fsp3) is 0.900. The van der Waals surface area contributed by atoms with E-state index in [2.05, 4.69) is 24.5 Å². The fourth-order valence-corrected chi connectivity index (χ4v) is 2.37. The fourth-order valence-electron chi connectivity index (χ4n) is 2.37. The van der Waals surface area contributed by atoms with Crippen molar-refractivity contribution < 1.29 is 14.3 Å². The van der Waals surface area contributed by atoms with E-state index in [1.54, 1.807) is 0 Å². The van der Waals surface area contributed by atoms with Crippen LogP contribution in [0.5, 0.6) is 0 Å². The third kappa shape index (κ3) is 14.9. The molecule has 0 aliphatic carbocycles. The van der Waals surface area contributed by atoms with Crippen LogP contribution in [0.3, 0.4) is 0 Å². The smallest absolute Gasteiger partial charge is 0.220 e. The second-order valence-corrected chi connectivity index (χ2v) is 8.50. The maximum Gasteiger partial charge on any atom is 0.220 e. The molecule has 1 atom stereocenters. The van der Waals surface area contributed by atoms with Crippen molar-refractivity contribution in [1.82, 2.24) is 10.6 Å². The maximum absolute atomic E-state index is 11.8. The molecule has 0 aliphatic heterocycles. The van der Waals surface area contributed by atoms with Gasteiger partial charge in [0.15, 0.2) is 0 Å². The quantitative estimate of drug-likeness (QED) is 0.529. The molecule has 2 amide bonds. The lowest BCUT2D eigenvalue weighted by atomic mass is 10.0. The number of carbonyl (C=O) groups is 2. The minimum Gasteiger partial charge on any atom is -0.375 e. The Bertz CT molecular complexity index is 392. The van der Waals surface area contributed by atoms with E-state index in [0.717, 1.165) is 19.3 Å². The van der Waals surface area contributed by atoms with E-state index in [9.17, 15) is 9.59 Å². The van der Waals surface area contributed by atoms with E-state index in [0.29, 0.717) is 37.8 Å². The predicted octanol–water partition coefficient (Wildman–Crippen LogP) is 3.67. The summed E-state index contributed by atoms with van der Waals surface area (Å²) in [6.07, 6.45) is 3.63. The minimum atomic E-state index is -0.285. The third-order valence-electron chi connectivity index (χ3n) is 4.04. The standard InChI is InChI=1S/C20H40N2O3/c1-15(2)8-9-18(23)22-17(5)10-13-25-20(6,7)11-12-21-19(24)14-16(3)4/h15-17H,8-14H2,1-7H3,(H,21,24)(H,22,23). The Morgan fingerprint density at radius 2 is 1.60 bits per heavy atom. The van der Waals surface area contributed by atoms with Crippen molar-refractivity contribution in [2.45, 2.75) is 92.2 Å². The molecule has 0 aromatic heterocycles. The molecule has 0 bridgehead atoms. The van der Waals surface area contributed by atoms with Crippen molar-refractivity contribution in [2.75, 3.05) is 13.2 Å². The Hall–Kier alpha value is -1.10. The van der Waals surface area contributed by atoms with Gasteiger partial charge in [0.25, 0.3) is 0 Å². The van der Waals surface area contributed by atoms with Crippen molar-refractivity contribution in [2.24, 2.45) is 11.8 Å². The first-order chi connectivity index (χ1) is 11.5. The molecule has 0 saturated heterocycles. The second-order valence-electron chi connectivity index (χ2n) is 8.50. The molecule has 25 heavy (non-hydrogen) atoms. The monoisotopic (exact) mass is 356 g/mol. The van der Waals surface area contributed by atoms with E-state index in [1.165, 1.54) is 0 Å². The van der Waals surface area contributed by atoms with Crippen molar-refractivity contribution in [3.8, 4) is 0 Å². The number of nitrogens with one attached hydrogen (secondary N) is 2. The number of hydrogen-bond donors (Lipinski definition) is 2. The Labute approximate surface area is 154 Å². The molecule has 0 saturated carbocycles. The minimum absolute atomic E-state index is 0.100. The van der Waals surface area contributed by atoms with Gasteiger partial charge in [0.2, 0.25) is 11.8 Å². The molecule has 5 nitrogen and oxygen atoms in total. The van der Waals surface area contributed by atoms with Gasteiger partial charge in [0.05, 0.1) is 5.60 Å². The summed E-state index contributed by atoms with van der Waals surface area (Å²) >= 11 is 0. The molecule has 0 radical (unpaired) electrons. The molecular formula is C20H40N2O3. The van der Waals surface area contributed by atoms with Gasteiger partial charge in [0.1, 0.15) is 0 Å². The Balaban J connectivity index is 3.89. The zero-order chi connectivity index (χ0) is 19.5. The summed E-state index contributed by atoms with van der Waals surface area (Å²) in [4.78, 5) is 23.5. The van der Waals surface area contributed by atoms with Gasteiger partial charge < -0.3 is 15.4 Å². The first-order valence-corrected chi connectivity index (χ1v) is 9.72. The van der Waals surface area contributed by atoms with Crippen LogP contribution in [0.2, 0.25) is 0 Å². The largest absolute Gasteiger partial charge is 0.375 e. The van der Waals surface area contributed by atoms with E-state index in [4.69, 9.17) is 4.74 Å². The van der Waals surface area contributed by atoms with Crippen LogP contribution in [0.4, 0.5) is 0 Å². The topological polar surface area (TPSA) is 67.4 Å². The second kappa shape index (κ2) is 12.3. The van der Waals surface area contributed by atoms with Crippen LogP contribution in [0.15, 0.2) is 0 Å². The molecule has 0 aromatic carbocycles. The van der Waals surface area contributed by atoms with Gasteiger partial charge in [-0.25, -0.2) is 0 Å². The third-order valence-corrected chi connectivity index (χ3v) is 4.04. The lowest BCUT2D eigenvalue weighted by molar-refractivity contribution is -0.122. The Morgan fingerprint density at radius 3 is 2.16 bits per heavy atom. The summed E-state index contributed by atoms with van der Waals surface area (Å²) in [6.45, 7) is 15.6. The van der Waals surface area contributed by atoms with Crippen LogP contribution >= 0.6 is 0 Å². The zero-order valence-electron chi connectivity index (χ0n) is 17.4. The highest BCUT2D eigenvalue weighted by Crippen LogP contribution is 2.14. The molecule has 2 N–H and O–H groups in total. The molecular weight excluding hydrogens is 316 g/mol. The molecule has 1 unspecified atom stereocenters. The normalized spacial score (nSPS) is 13.2. The predicted molar refractivity (Wildman–Crippen MR) is 103 cm³/mol. The van der Waals surface area contributed by atoms with Crippen molar-refractivity contribution in [1.29, 1.82) is 0 Å². The van der Waals surface area contributed by atoms with Gasteiger partial charge in [-0.3, -0.25) is 9.59 Å². The van der Waals surface area contributed by atoms with Gasteiger partial charge in [-0.15, -0.1) is 0 Å². The summed E-state index contributed by atoms with van der Waals surface area (Å²) in [5.74, 6) is 1.14. The molecule has 0 fully saturated rings. The summed E-state index contributed by atoms with van der Waals surface area (Å²) in [5, 5.41) is 5.96. The number of ether oxygens (including phenoxy) is 1. The van der Waals surface area contributed by atoms with E-state index >= 15 is 0 Å². The lowest BCUT2D eigenvalue weighted by Gasteiger charge is -2.26. The van der Waals surface area contributed by atoms with E-state index < -0.39 is 0 Å². The molecule has 0 rings (SSSR count). The van der Waals surface area contributed by atoms with E-state index in [1.807, 2.05) is 34.6 Å².